The van der Waals surface area contributed by atoms with Crippen LogP contribution in [0.25, 0.3) is 11.1 Å². The molecule has 2 aromatic rings. The van der Waals surface area contributed by atoms with E-state index in [1.54, 1.807) is 0 Å². The molecule has 110 valence electrons. The predicted octanol–water partition coefficient (Wildman–Crippen LogP) is 5.13. The summed E-state index contributed by atoms with van der Waals surface area (Å²) >= 11 is 0. The normalized spacial score (nSPS) is 14.7. The van der Waals surface area contributed by atoms with E-state index in [-0.39, 0.29) is 0 Å². The maximum Gasteiger partial charge on any atom is 0.0372 e. The van der Waals surface area contributed by atoms with Crippen molar-refractivity contribution in [1.82, 2.24) is 0 Å². The molecule has 1 heteroatoms. The van der Waals surface area contributed by atoms with Crippen LogP contribution in [0.2, 0.25) is 0 Å². The molecule has 21 heavy (non-hydrogen) atoms. The van der Waals surface area contributed by atoms with Crippen LogP contribution in [-0.2, 0) is 6.42 Å². The van der Waals surface area contributed by atoms with Gasteiger partial charge in [-0.2, -0.15) is 0 Å². The molecule has 0 aromatic heterocycles. The van der Waals surface area contributed by atoms with Crippen molar-refractivity contribution >= 4 is 5.69 Å². The Morgan fingerprint density at radius 3 is 2.14 bits per heavy atom. The van der Waals surface area contributed by atoms with Gasteiger partial charge in [0.05, 0.1) is 0 Å². The molecule has 0 unspecified atom stereocenters. The third-order valence-corrected chi connectivity index (χ3v) is 4.69. The smallest absolute Gasteiger partial charge is 0.0372 e. The van der Waals surface area contributed by atoms with Crippen molar-refractivity contribution < 1.29 is 0 Å². The molecule has 0 aliphatic carbocycles. The van der Waals surface area contributed by atoms with E-state index >= 15 is 0 Å². The zero-order chi connectivity index (χ0) is 14.8. The summed E-state index contributed by atoms with van der Waals surface area (Å²) in [5.41, 5.74) is 8.33. The van der Waals surface area contributed by atoms with Crippen molar-refractivity contribution in [2.75, 3.05) is 18.0 Å². The molecule has 2 aromatic carbocycles. The molecule has 1 aliphatic heterocycles. The van der Waals surface area contributed by atoms with Gasteiger partial charge in [-0.3, -0.25) is 0 Å². The zero-order valence-electron chi connectivity index (χ0n) is 13.4. The fourth-order valence-corrected chi connectivity index (χ4v) is 3.25. The predicted molar refractivity (Wildman–Crippen MR) is 92.2 cm³/mol. The third kappa shape index (κ3) is 2.83. The second-order valence-electron chi connectivity index (χ2n) is 6.20. The molecule has 1 heterocycles. The highest BCUT2D eigenvalue weighted by molar-refractivity contribution is 5.75. The van der Waals surface area contributed by atoms with Gasteiger partial charge in [-0.1, -0.05) is 31.2 Å². The Hall–Kier alpha value is -1.76. The van der Waals surface area contributed by atoms with Gasteiger partial charge in [0.25, 0.3) is 0 Å². The highest BCUT2D eigenvalue weighted by Crippen LogP contribution is 2.32. The maximum atomic E-state index is 2.52. The average molecular weight is 279 g/mol. The lowest BCUT2D eigenvalue weighted by Crippen LogP contribution is -2.17. The van der Waals surface area contributed by atoms with Gasteiger partial charge in [0.2, 0.25) is 0 Å². The van der Waals surface area contributed by atoms with E-state index in [4.69, 9.17) is 0 Å². The van der Waals surface area contributed by atoms with Crippen LogP contribution >= 0.6 is 0 Å². The summed E-state index contributed by atoms with van der Waals surface area (Å²) in [6.45, 7) is 9.08. The lowest BCUT2D eigenvalue weighted by Gasteiger charge is -2.20. The van der Waals surface area contributed by atoms with Gasteiger partial charge in [0.15, 0.2) is 0 Å². The van der Waals surface area contributed by atoms with Crippen molar-refractivity contribution in [3.05, 3.63) is 53.1 Å². The SMILES string of the molecule is CCc1ccc(C)c(-c2cc(N3CCCC3)ccc2C)c1. The molecule has 1 nitrogen and oxygen atoms in total. The molecule has 1 saturated heterocycles. The average Bonchev–Trinajstić information content (AvgIpc) is 3.03. The van der Waals surface area contributed by atoms with Crippen molar-refractivity contribution in [3.63, 3.8) is 0 Å². The first kappa shape index (κ1) is 14.2. The number of aryl methyl sites for hydroxylation is 3. The summed E-state index contributed by atoms with van der Waals surface area (Å²) in [5, 5.41) is 0. The number of benzene rings is 2. The van der Waals surface area contributed by atoms with E-state index in [1.807, 2.05) is 0 Å². The summed E-state index contributed by atoms with van der Waals surface area (Å²) in [5.74, 6) is 0. The van der Waals surface area contributed by atoms with E-state index < -0.39 is 0 Å². The minimum atomic E-state index is 1.10. The van der Waals surface area contributed by atoms with Gasteiger partial charge < -0.3 is 4.90 Å². The Morgan fingerprint density at radius 1 is 0.857 bits per heavy atom. The standard InChI is InChI=1S/C20H25N/c1-4-17-9-7-15(2)19(13-17)20-14-18(10-8-16(20)3)21-11-5-6-12-21/h7-10,13-14H,4-6,11-12H2,1-3H3. The van der Waals surface area contributed by atoms with Crippen LogP contribution < -0.4 is 4.90 Å². The molecule has 1 aliphatic rings. The Morgan fingerprint density at radius 2 is 1.48 bits per heavy atom. The van der Waals surface area contributed by atoms with Crippen LogP contribution in [0.5, 0.6) is 0 Å². The van der Waals surface area contributed by atoms with E-state index in [0.717, 1.165) is 6.42 Å². The minimum absolute atomic E-state index is 1.10. The molecule has 0 amide bonds. The molecular weight excluding hydrogens is 254 g/mol. The lowest BCUT2D eigenvalue weighted by atomic mass is 9.93. The van der Waals surface area contributed by atoms with E-state index in [9.17, 15) is 0 Å². The van der Waals surface area contributed by atoms with Crippen molar-refractivity contribution in [2.24, 2.45) is 0 Å². The summed E-state index contributed by atoms with van der Waals surface area (Å²) in [7, 11) is 0. The van der Waals surface area contributed by atoms with Crippen LogP contribution in [0.15, 0.2) is 36.4 Å². The largest absolute Gasteiger partial charge is 0.372 e. The second kappa shape index (κ2) is 5.93. The number of rotatable bonds is 3. The lowest BCUT2D eigenvalue weighted by molar-refractivity contribution is 0.949. The molecule has 0 N–H and O–H groups in total. The van der Waals surface area contributed by atoms with E-state index in [2.05, 4.69) is 62.1 Å². The molecule has 0 atom stereocenters. The van der Waals surface area contributed by atoms with Crippen molar-refractivity contribution in [1.29, 1.82) is 0 Å². The molecule has 0 radical (unpaired) electrons. The van der Waals surface area contributed by atoms with Crippen molar-refractivity contribution in [3.8, 4) is 11.1 Å². The Bertz CT molecular complexity index is 636. The summed E-state index contributed by atoms with van der Waals surface area (Å²) in [4.78, 5) is 2.52. The van der Waals surface area contributed by atoms with E-state index in [1.165, 1.54) is 59.4 Å². The number of anilines is 1. The van der Waals surface area contributed by atoms with Gasteiger partial charge in [0.1, 0.15) is 0 Å². The molecular formula is C20H25N. The first-order valence-electron chi connectivity index (χ1n) is 8.14. The number of hydrogen-bond acceptors (Lipinski definition) is 1. The Labute approximate surface area is 128 Å². The van der Waals surface area contributed by atoms with Crippen LogP contribution in [0.1, 0.15) is 36.5 Å². The van der Waals surface area contributed by atoms with Crippen LogP contribution in [0.4, 0.5) is 5.69 Å². The fraction of sp³-hybridized carbons (Fsp3) is 0.400. The first-order chi connectivity index (χ1) is 10.2. The highest BCUT2D eigenvalue weighted by Gasteiger charge is 2.14. The van der Waals surface area contributed by atoms with Gasteiger partial charge in [-0.15, -0.1) is 0 Å². The fourth-order valence-electron chi connectivity index (χ4n) is 3.25. The minimum Gasteiger partial charge on any atom is -0.372 e. The highest BCUT2D eigenvalue weighted by atomic mass is 15.1. The summed E-state index contributed by atoms with van der Waals surface area (Å²) in [6, 6.07) is 13.8. The van der Waals surface area contributed by atoms with Gasteiger partial charge >= 0.3 is 0 Å². The van der Waals surface area contributed by atoms with Gasteiger partial charge in [-0.05, 0) is 73.1 Å². The number of hydrogen-bond donors (Lipinski definition) is 0. The molecule has 3 rings (SSSR count). The topological polar surface area (TPSA) is 3.24 Å². The maximum absolute atomic E-state index is 2.52. The zero-order valence-corrected chi connectivity index (χ0v) is 13.4. The second-order valence-corrected chi connectivity index (χ2v) is 6.20. The van der Waals surface area contributed by atoms with Gasteiger partial charge in [0, 0.05) is 18.8 Å². The third-order valence-electron chi connectivity index (χ3n) is 4.69. The van der Waals surface area contributed by atoms with E-state index in [0.29, 0.717) is 0 Å². The number of nitrogens with zero attached hydrogens (tertiary/aromatic N) is 1. The molecule has 1 fully saturated rings. The molecule has 0 saturated carbocycles. The Balaban J connectivity index is 2.06. The Kier molecular flexibility index (Phi) is 4.01. The van der Waals surface area contributed by atoms with Crippen LogP contribution in [-0.4, -0.2) is 13.1 Å². The molecule has 0 spiro atoms. The van der Waals surface area contributed by atoms with Gasteiger partial charge in [-0.25, -0.2) is 0 Å². The molecule has 0 bridgehead atoms. The van der Waals surface area contributed by atoms with Crippen LogP contribution in [0.3, 0.4) is 0 Å². The van der Waals surface area contributed by atoms with Crippen LogP contribution in [0, 0.1) is 13.8 Å². The monoisotopic (exact) mass is 279 g/mol. The van der Waals surface area contributed by atoms with Crippen molar-refractivity contribution in [2.45, 2.75) is 40.0 Å². The quantitative estimate of drug-likeness (QED) is 0.752. The summed E-state index contributed by atoms with van der Waals surface area (Å²) in [6.07, 6.45) is 3.75. The first-order valence-corrected chi connectivity index (χ1v) is 8.14. The summed E-state index contributed by atoms with van der Waals surface area (Å²) < 4.78 is 0.